The molecule has 1 N–H and O–H groups in total. The Labute approximate surface area is 105 Å². The number of hydrogen-bond acceptors (Lipinski definition) is 4. The largest absolute Gasteiger partial charge is 0.468 e. The Kier molecular flexibility index (Phi) is 5.92. The molecule has 0 radical (unpaired) electrons. The maximum Gasteiger partial charge on any atom is 0.324 e. The van der Waals surface area contributed by atoms with E-state index < -0.39 is 0 Å². The van der Waals surface area contributed by atoms with Gasteiger partial charge in [0.2, 0.25) is 0 Å². The van der Waals surface area contributed by atoms with Gasteiger partial charge in [-0.05, 0) is 25.8 Å². The Balaban J connectivity index is 2.37. The number of hydrogen-bond donors (Lipinski definition) is 1. The summed E-state index contributed by atoms with van der Waals surface area (Å²) in [7, 11) is 3.52. The van der Waals surface area contributed by atoms with Crippen LogP contribution in [0.5, 0.6) is 0 Å². The summed E-state index contributed by atoms with van der Waals surface area (Å²) in [5, 5.41) is 3.35. The van der Waals surface area contributed by atoms with Gasteiger partial charge in [0, 0.05) is 19.1 Å². The molecule has 100 valence electrons. The minimum Gasteiger partial charge on any atom is -0.468 e. The lowest BCUT2D eigenvalue weighted by molar-refractivity contribution is -0.143. The van der Waals surface area contributed by atoms with E-state index in [2.05, 4.69) is 31.1 Å². The Morgan fingerprint density at radius 1 is 1.47 bits per heavy atom. The van der Waals surface area contributed by atoms with Crippen molar-refractivity contribution in [2.75, 3.05) is 27.2 Å². The van der Waals surface area contributed by atoms with Gasteiger partial charge in [-0.3, -0.25) is 4.79 Å². The fraction of sp³-hybridized carbons (Fsp3) is 0.923. The molecule has 0 aromatic carbocycles. The van der Waals surface area contributed by atoms with E-state index in [1.165, 1.54) is 26.4 Å². The fourth-order valence-electron chi connectivity index (χ4n) is 1.92. The molecular weight excluding hydrogens is 216 g/mol. The second-order valence-electron chi connectivity index (χ2n) is 5.25. The summed E-state index contributed by atoms with van der Waals surface area (Å²) in [5.41, 5.74) is 0. The van der Waals surface area contributed by atoms with Crippen molar-refractivity contribution in [2.45, 2.75) is 45.2 Å². The van der Waals surface area contributed by atoms with Crippen LogP contribution in [0.25, 0.3) is 0 Å². The standard InChI is InChI=1S/C13H26N2O2/c1-5-10(2)8-15(3)9-12(13(16)17-4)14-11-6-7-11/h10-12,14H,5-9H2,1-4H3. The van der Waals surface area contributed by atoms with Crippen LogP contribution in [0.2, 0.25) is 0 Å². The SMILES string of the molecule is CCC(C)CN(C)CC(NC1CC1)C(=O)OC. The van der Waals surface area contributed by atoms with Crippen LogP contribution in [-0.2, 0) is 9.53 Å². The zero-order valence-corrected chi connectivity index (χ0v) is 11.5. The average Bonchev–Trinajstić information content (AvgIpc) is 3.10. The Morgan fingerprint density at radius 3 is 2.59 bits per heavy atom. The fourth-order valence-corrected chi connectivity index (χ4v) is 1.92. The van der Waals surface area contributed by atoms with Crippen LogP contribution >= 0.6 is 0 Å². The molecule has 0 bridgehead atoms. The molecule has 0 amide bonds. The second kappa shape index (κ2) is 6.97. The van der Waals surface area contributed by atoms with Crippen molar-refractivity contribution in [3.63, 3.8) is 0 Å². The molecular formula is C13H26N2O2. The summed E-state index contributed by atoms with van der Waals surface area (Å²) >= 11 is 0. The van der Waals surface area contributed by atoms with E-state index in [0.29, 0.717) is 12.0 Å². The van der Waals surface area contributed by atoms with Crippen LogP contribution in [-0.4, -0.2) is 50.2 Å². The van der Waals surface area contributed by atoms with Gasteiger partial charge < -0.3 is 15.0 Å². The summed E-state index contributed by atoms with van der Waals surface area (Å²) in [6.07, 6.45) is 3.54. The first-order chi connectivity index (χ1) is 8.06. The summed E-state index contributed by atoms with van der Waals surface area (Å²) in [6, 6.07) is 0.345. The Bertz CT molecular complexity index is 242. The smallest absolute Gasteiger partial charge is 0.324 e. The lowest BCUT2D eigenvalue weighted by Gasteiger charge is -2.25. The van der Waals surface area contributed by atoms with E-state index in [0.717, 1.165) is 13.1 Å². The van der Waals surface area contributed by atoms with Gasteiger partial charge in [-0.2, -0.15) is 0 Å². The molecule has 1 fully saturated rings. The third kappa shape index (κ3) is 5.50. The molecule has 1 rings (SSSR count). The quantitative estimate of drug-likeness (QED) is 0.651. The second-order valence-corrected chi connectivity index (χ2v) is 5.25. The Hall–Kier alpha value is -0.610. The third-order valence-electron chi connectivity index (χ3n) is 3.31. The number of esters is 1. The highest BCUT2D eigenvalue weighted by atomic mass is 16.5. The molecule has 1 saturated carbocycles. The van der Waals surface area contributed by atoms with Crippen LogP contribution < -0.4 is 5.32 Å². The van der Waals surface area contributed by atoms with Crippen molar-refractivity contribution in [3.8, 4) is 0 Å². The number of likely N-dealkylation sites (N-methyl/N-ethyl adjacent to an activating group) is 1. The van der Waals surface area contributed by atoms with Crippen molar-refractivity contribution in [2.24, 2.45) is 5.92 Å². The van der Waals surface area contributed by atoms with Gasteiger partial charge in [0.05, 0.1) is 7.11 Å². The topological polar surface area (TPSA) is 41.6 Å². The first kappa shape index (κ1) is 14.5. The molecule has 2 unspecified atom stereocenters. The molecule has 0 heterocycles. The highest BCUT2D eigenvalue weighted by Crippen LogP contribution is 2.19. The predicted molar refractivity (Wildman–Crippen MR) is 68.9 cm³/mol. The van der Waals surface area contributed by atoms with Crippen LogP contribution in [0.3, 0.4) is 0 Å². The van der Waals surface area contributed by atoms with E-state index in [9.17, 15) is 4.79 Å². The molecule has 0 saturated heterocycles. The lowest BCUT2D eigenvalue weighted by Crippen LogP contribution is -2.47. The van der Waals surface area contributed by atoms with Gasteiger partial charge in [0.25, 0.3) is 0 Å². The van der Waals surface area contributed by atoms with Crippen molar-refractivity contribution >= 4 is 5.97 Å². The van der Waals surface area contributed by atoms with Gasteiger partial charge in [0.15, 0.2) is 0 Å². The molecule has 2 atom stereocenters. The summed E-state index contributed by atoms with van der Waals surface area (Å²) in [6.45, 7) is 6.18. The zero-order valence-electron chi connectivity index (χ0n) is 11.5. The van der Waals surface area contributed by atoms with Crippen molar-refractivity contribution in [3.05, 3.63) is 0 Å². The molecule has 1 aliphatic carbocycles. The average molecular weight is 242 g/mol. The number of carbonyl (C=O) groups is 1. The van der Waals surface area contributed by atoms with Crippen molar-refractivity contribution in [1.29, 1.82) is 0 Å². The van der Waals surface area contributed by atoms with Gasteiger partial charge in [-0.25, -0.2) is 0 Å². The number of ether oxygens (including phenoxy) is 1. The predicted octanol–water partition coefficient (Wildman–Crippen LogP) is 1.26. The number of nitrogens with one attached hydrogen (secondary N) is 1. The van der Waals surface area contributed by atoms with Gasteiger partial charge in [-0.15, -0.1) is 0 Å². The molecule has 4 nitrogen and oxygen atoms in total. The summed E-state index contributed by atoms with van der Waals surface area (Å²) < 4.78 is 4.85. The third-order valence-corrected chi connectivity index (χ3v) is 3.31. The molecule has 17 heavy (non-hydrogen) atoms. The van der Waals surface area contributed by atoms with E-state index >= 15 is 0 Å². The first-order valence-electron chi connectivity index (χ1n) is 6.59. The van der Waals surface area contributed by atoms with Crippen LogP contribution in [0.1, 0.15) is 33.1 Å². The van der Waals surface area contributed by atoms with Crippen LogP contribution in [0, 0.1) is 5.92 Å². The van der Waals surface area contributed by atoms with Crippen LogP contribution in [0.15, 0.2) is 0 Å². The van der Waals surface area contributed by atoms with E-state index in [1.54, 1.807) is 0 Å². The zero-order chi connectivity index (χ0) is 12.8. The number of carbonyl (C=O) groups excluding carboxylic acids is 1. The van der Waals surface area contributed by atoms with Crippen molar-refractivity contribution < 1.29 is 9.53 Å². The molecule has 0 aliphatic heterocycles. The maximum atomic E-state index is 11.7. The van der Waals surface area contributed by atoms with E-state index in [4.69, 9.17) is 4.74 Å². The van der Waals surface area contributed by atoms with Gasteiger partial charge >= 0.3 is 5.97 Å². The van der Waals surface area contributed by atoms with Crippen LogP contribution in [0.4, 0.5) is 0 Å². The molecule has 1 aliphatic rings. The minimum atomic E-state index is -0.179. The molecule has 0 aromatic heterocycles. The highest BCUT2D eigenvalue weighted by molar-refractivity contribution is 5.76. The number of rotatable bonds is 8. The number of methoxy groups -OCH3 is 1. The van der Waals surface area contributed by atoms with Crippen molar-refractivity contribution in [1.82, 2.24) is 10.2 Å². The van der Waals surface area contributed by atoms with E-state index in [1.807, 2.05) is 0 Å². The monoisotopic (exact) mass is 242 g/mol. The number of nitrogens with zero attached hydrogens (tertiary/aromatic N) is 1. The molecule has 0 aromatic rings. The lowest BCUT2D eigenvalue weighted by atomic mass is 10.1. The molecule has 4 heteroatoms. The van der Waals surface area contributed by atoms with Gasteiger partial charge in [-0.1, -0.05) is 20.3 Å². The van der Waals surface area contributed by atoms with E-state index in [-0.39, 0.29) is 12.0 Å². The highest BCUT2D eigenvalue weighted by Gasteiger charge is 2.29. The first-order valence-corrected chi connectivity index (χ1v) is 6.59. The molecule has 0 spiro atoms. The summed E-state index contributed by atoms with van der Waals surface area (Å²) in [4.78, 5) is 13.9. The summed E-state index contributed by atoms with van der Waals surface area (Å²) in [5.74, 6) is 0.520. The minimum absolute atomic E-state index is 0.145. The Morgan fingerprint density at radius 2 is 2.12 bits per heavy atom. The van der Waals surface area contributed by atoms with Gasteiger partial charge in [0.1, 0.15) is 6.04 Å². The normalized spacial score (nSPS) is 19.1. The maximum absolute atomic E-state index is 11.7.